The van der Waals surface area contributed by atoms with Crippen molar-refractivity contribution in [2.75, 3.05) is 32.8 Å². The maximum atomic E-state index is 9.38. The van der Waals surface area contributed by atoms with E-state index in [0.717, 1.165) is 12.0 Å². The van der Waals surface area contributed by atoms with Crippen molar-refractivity contribution in [2.45, 2.75) is 50.6 Å². The number of rotatable bonds is 5. The smallest absolute Gasteiger partial charge is 0.0586 e. The molecule has 2 saturated heterocycles. The van der Waals surface area contributed by atoms with Crippen LogP contribution in [0.1, 0.15) is 38.5 Å². The van der Waals surface area contributed by atoms with Gasteiger partial charge in [-0.25, -0.2) is 0 Å². The lowest BCUT2D eigenvalue weighted by molar-refractivity contribution is 0.120. The molecule has 0 unspecified atom stereocenters. The molecule has 2 atom stereocenters. The normalized spacial score (nSPS) is 35.8. The maximum absolute atomic E-state index is 9.38. The minimum absolute atomic E-state index is 0.356. The highest BCUT2D eigenvalue weighted by atomic mass is 16.3. The van der Waals surface area contributed by atoms with Crippen LogP contribution in [0.2, 0.25) is 0 Å². The molecule has 3 nitrogen and oxygen atoms in total. The molecule has 0 aromatic rings. The van der Waals surface area contributed by atoms with Crippen molar-refractivity contribution in [3.63, 3.8) is 0 Å². The Morgan fingerprint density at radius 1 is 0.824 bits per heavy atom. The standard InChI is InChI=1S/C14H26N2O/c17-11-14-4-2-8-16(14)10-13-3-1-7-15(13)9-12-5-6-12/h12-14,17H,1-11H2/t13-,14-/m1/s1. The molecule has 1 aliphatic carbocycles. The lowest BCUT2D eigenvalue weighted by atomic mass is 10.1. The molecule has 1 saturated carbocycles. The van der Waals surface area contributed by atoms with Crippen LogP contribution >= 0.6 is 0 Å². The van der Waals surface area contributed by atoms with Gasteiger partial charge in [0.15, 0.2) is 0 Å². The van der Waals surface area contributed by atoms with Gasteiger partial charge < -0.3 is 5.11 Å². The molecule has 3 heteroatoms. The fourth-order valence-electron chi connectivity index (χ4n) is 3.59. The first-order valence-corrected chi connectivity index (χ1v) is 7.46. The second-order valence-electron chi connectivity index (χ2n) is 6.21. The highest BCUT2D eigenvalue weighted by Crippen LogP contribution is 2.32. The van der Waals surface area contributed by atoms with Crippen molar-refractivity contribution in [1.82, 2.24) is 9.80 Å². The van der Waals surface area contributed by atoms with E-state index in [-0.39, 0.29) is 0 Å². The molecule has 0 aromatic carbocycles. The van der Waals surface area contributed by atoms with Crippen LogP contribution in [-0.4, -0.2) is 59.8 Å². The highest BCUT2D eigenvalue weighted by Gasteiger charge is 2.34. The molecule has 2 heterocycles. The van der Waals surface area contributed by atoms with Crippen LogP contribution in [0.3, 0.4) is 0 Å². The van der Waals surface area contributed by atoms with Crippen LogP contribution in [0.25, 0.3) is 0 Å². The first-order chi connectivity index (χ1) is 8.36. The van der Waals surface area contributed by atoms with Crippen molar-refractivity contribution >= 4 is 0 Å². The third-order valence-electron chi connectivity index (χ3n) is 4.84. The zero-order chi connectivity index (χ0) is 11.7. The van der Waals surface area contributed by atoms with E-state index in [1.807, 2.05) is 0 Å². The Labute approximate surface area is 105 Å². The summed E-state index contributed by atoms with van der Waals surface area (Å²) in [7, 11) is 0. The van der Waals surface area contributed by atoms with Gasteiger partial charge in [-0.2, -0.15) is 0 Å². The molecule has 0 spiro atoms. The van der Waals surface area contributed by atoms with E-state index in [1.165, 1.54) is 64.7 Å². The van der Waals surface area contributed by atoms with Gasteiger partial charge in [0.2, 0.25) is 0 Å². The predicted octanol–water partition coefficient (Wildman–Crippen LogP) is 1.32. The molecule has 3 fully saturated rings. The first-order valence-electron chi connectivity index (χ1n) is 7.46. The van der Waals surface area contributed by atoms with Crippen molar-refractivity contribution in [3.05, 3.63) is 0 Å². The van der Waals surface area contributed by atoms with Crippen LogP contribution < -0.4 is 0 Å². The summed E-state index contributed by atoms with van der Waals surface area (Å²) in [6.07, 6.45) is 8.17. The summed E-state index contributed by atoms with van der Waals surface area (Å²) in [5.74, 6) is 1.02. The summed E-state index contributed by atoms with van der Waals surface area (Å²) in [6, 6.07) is 1.24. The Hall–Kier alpha value is -0.120. The van der Waals surface area contributed by atoms with Crippen molar-refractivity contribution < 1.29 is 5.11 Å². The first kappa shape index (κ1) is 11.9. The van der Waals surface area contributed by atoms with E-state index in [2.05, 4.69) is 9.80 Å². The van der Waals surface area contributed by atoms with E-state index in [9.17, 15) is 5.11 Å². The number of nitrogens with zero attached hydrogens (tertiary/aromatic N) is 2. The SMILES string of the molecule is OC[C@H]1CCCN1C[C@H]1CCCN1CC1CC1. The third-order valence-corrected chi connectivity index (χ3v) is 4.84. The van der Waals surface area contributed by atoms with Crippen molar-refractivity contribution in [2.24, 2.45) is 5.92 Å². The minimum atomic E-state index is 0.356. The quantitative estimate of drug-likeness (QED) is 0.782. The van der Waals surface area contributed by atoms with Crippen molar-refractivity contribution in [1.29, 1.82) is 0 Å². The van der Waals surface area contributed by atoms with Gasteiger partial charge in [0.05, 0.1) is 6.61 Å². The van der Waals surface area contributed by atoms with E-state index >= 15 is 0 Å². The van der Waals surface area contributed by atoms with Gasteiger partial charge in [0, 0.05) is 25.2 Å². The summed E-state index contributed by atoms with van der Waals surface area (Å²) < 4.78 is 0. The summed E-state index contributed by atoms with van der Waals surface area (Å²) in [5, 5.41) is 9.38. The van der Waals surface area contributed by atoms with Crippen LogP contribution in [0.5, 0.6) is 0 Å². The number of aliphatic hydroxyl groups excluding tert-OH is 1. The molecular formula is C14H26N2O. The molecule has 0 radical (unpaired) electrons. The Morgan fingerprint density at radius 2 is 1.47 bits per heavy atom. The fourth-order valence-corrected chi connectivity index (χ4v) is 3.59. The van der Waals surface area contributed by atoms with E-state index < -0.39 is 0 Å². The molecule has 0 aromatic heterocycles. The number of likely N-dealkylation sites (tertiary alicyclic amines) is 2. The molecule has 0 bridgehead atoms. The largest absolute Gasteiger partial charge is 0.395 e. The lowest BCUT2D eigenvalue weighted by Gasteiger charge is -2.31. The van der Waals surface area contributed by atoms with Gasteiger partial charge in [-0.1, -0.05) is 0 Å². The van der Waals surface area contributed by atoms with Gasteiger partial charge in [-0.15, -0.1) is 0 Å². The van der Waals surface area contributed by atoms with Crippen LogP contribution in [-0.2, 0) is 0 Å². The van der Waals surface area contributed by atoms with Crippen LogP contribution in [0.15, 0.2) is 0 Å². The number of aliphatic hydroxyl groups is 1. The number of hydrogen-bond donors (Lipinski definition) is 1. The molecule has 3 aliphatic rings. The average Bonchev–Trinajstić information content (AvgIpc) is 2.87. The maximum Gasteiger partial charge on any atom is 0.0586 e. The van der Waals surface area contributed by atoms with Crippen LogP contribution in [0.4, 0.5) is 0 Å². The second kappa shape index (κ2) is 5.25. The summed E-state index contributed by atoms with van der Waals surface area (Å²) in [6.45, 7) is 5.44. The Morgan fingerprint density at radius 3 is 2.12 bits per heavy atom. The minimum Gasteiger partial charge on any atom is -0.395 e. The molecule has 1 N–H and O–H groups in total. The van der Waals surface area contributed by atoms with Gasteiger partial charge in [-0.05, 0) is 57.5 Å². The van der Waals surface area contributed by atoms with Gasteiger partial charge in [0.25, 0.3) is 0 Å². The zero-order valence-electron chi connectivity index (χ0n) is 10.9. The molecule has 2 aliphatic heterocycles. The molecular weight excluding hydrogens is 212 g/mol. The Balaban J connectivity index is 1.52. The highest BCUT2D eigenvalue weighted by molar-refractivity contribution is 4.89. The lowest BCUT2D eigenvalue weighted by Crippen LogP contribution is -2.44. The summed E-state index contributed by atoms with van der Waals surface area (Å²) in [5.41, 5.74) is 0. The topological polar surface area (TPSA) is 26.7 Å². The molecule has 98 valence electrons. The van der Waals surface area contributed by atoms with E-state index in [1.54, 1.807) is 0 Å². The monoisotopic (exact) mass is 238 g/mol. The third kappa shape index (κ3) is 2.83. The number of hydrogen-bond acceptors (Lipinski definition) is 3. The van der Waals surface area contributed by atoms with Gasteiger partial charge in [-0.3, -0.25) is 9.80 Å². The predicted molar refractivity (Wildman–Crippen MR) is 69.0 cm³/mol. The summed E-state index contributed by atoms with van der Waals surface area (Å²) >= 11 is 0. The Kier molecular flexibility index (Phi) is 3.69. The van der Waals surface area contributed by atoms with E-state index in [0.29, 0.717) is 12.6 Å². The zero-order valence-corrected chi connectivity index (χ0v) is 10.9. The fraction of sp³-hybridized carbons (Fsp3) is 1.00. The van der Waals surface area contributed by atoms with Gasteiger partial charge >= 0.3 is 0 Å². The van der Waals surface area contributed by atoms with Crippen LogP contribution in [0, 0.1) is 5.92 Å². The second-order valence-corrected chi connectivity index (χ2v) is 6.21. The average molecular weight is 238 g/mol. The molecule has 0 amide bonds. The van der Waals surface area contributed by atoms with E-state index in [4.69, 9.17) is 0 Å². The Bertz CT molecular complexity index is 255. The van der Waals surface area contributed by atoms with Crippen molar-refractivity contribution in [3.8, 4) is 0 Å². The summed E-state index contributed by atoms with van der Waals surface area (Å²) in [4.78, 5) is 5.26. The molecule has 17 heavy (non-hydrogen) atoms. The van der Waals surface area contributed by atoms with Gasteiger partial charge in [0.1, 0.15) is 0 Å². The molecule has 3 rings (SSSR count).